The summed E-state index contributed by atoms with van der Waals surface area (Å²) < 4.78 is 25.6. The molecule has 100 valence electrons. The quantitative estimate of drug-likeness (QED) is 0.521. The third-order valence-electron chi connectivity index (χ3n) is 2.55. The van der Waals surface area contributed by atoms with Crippen LogP contribution >= 0.6 is 46.4 Å². The van der Waals surface area contributed by atoms with Crippen molar-refractivity contribution >= 4 is 46.4 Å². The van der Waals surface area contributed by atoms with Crippen LogP contribution in [0.2, 0.25) is 20.1 Å². The molecule has 0 N–H and O–H groups in total. The molecule has 0 radical (unpaired) electrons. The van der Waals surface area contributed by atoms with Crippen molar-refractivity contribution in [1.29, 1.82) is 0 Å². The van der Waals surface area contributed by atoms with Crippen LogP contribution in [0, 0.1) is 0 Å². The number of rotatable bonds is 2. The minimum atomic E-state index is -2.66. The molecule has 19 heavy (non-hydrogen) atoms. The standard InChI is InChI=1S/C13H6Cl4F2/c14-9-2-1-6(3-8(9)13(18)19)7-4-11(16)12(17)5-10(7)15/h1-5,13H. The summed E-state index contributed by atoms with van der Waals surface area (Å²) in [7, 11) is 0. The Bertz CT molecular complexity index is 626. The number of benzene rings is 2. The van der Waals surface area contributed by atoms with E-state index in [1.807, 2.05) is 0 Å². The van der Waals surface area contributed by atoms with Gasteiger partial charge in [0.2, 0.25) is 0 Å². The second-order valence-electron chi connectivity index (χ2n) is 3.78. The van der Waals surface area contributed by atoms with E-state index in [4.69, 9.17) is 46.4 Å². The molecule has 0 saturated carbocycles. The maximum atomic E-state index is 12.8. The lowest BCUT2D eigenvalue weighted by atomic mass is 10.0. The molecule has 0 amide bonds. The first-order valence-corrected chi connectivity index (χ1v) is 6.64. The van der Waals surface area contributed by atoms with Gasteiger partial charge in [0.25, 0.3) is 6.43 Å². The lowest BCUT2D eigenvalue weighted by Crippen LogP contribution is -1.89. The molecule has 6 heteroatoms. The highest BCUT2D eigenvalue weighted by Gasteiger charge is 2.15. The second-order valence-corrected chi connectivity index (χ2v) is 5.41. The van der Waals surface area contributed by atoms with Crippen LogP contribution in [0.4, 0.5) is 8.78 Å². The van der Waals surface area contributed by atoms with Crippen molar-refractivity contribution in [1.82, 2.24) is 0 Å². The molecule has 0 saturated heterocycles. The molecule has 0 atom stereocenters. The third kappa shape index (κ3) is 3.14. The van der Waals surface area contributed by atoms with E-state index in [0.717, 1.165) is 0 Å². The molecule has 2 aromatic rings. The number of hydrogen-bond donors (Lipinski definition) is 0. The van der Waals surface area contributed by atoms with Crippen molar-refractivity contribution in [3.8, 4) is 11.1 Å². The minimum absolute atomic E-state index is 0.00920. The van der Waals surface area contributed by atoms with Gasteiger partial charge in [0.05, 0.1) is 10.0 Å². The van der Waals surface area contributed by atoms with Crippen molar-refractivity contribution in [2.75, 3.05) is 0 Å². The maximum Gasteiger partial charge on any atom is 0.265 e. The van der Waals surface area contributed by atoms with E-state index in [-0.39, 0.29) is 10.6 Å². The van der Waals surface area contributed by atoms with Crippen LogP contribution in [0.1, 0.15) is 12.0 Å². The summed E-state index contributed by atoms with van der Waals surface area (Å²) in [5.41, 5.74) is 0.777. The smallest absolute Gasteiger partial charge is 0.205 e. The highest BCUT2D eigenvalue weighted by Crippen LogP contribution is 2.38. The molecule has 2 aromatic carbocycles. The van der Waals surface area contributed by atoms with E-state index >= 15 is 0 Å². The van der Waals surface area contributed by atoms with Crippen LogP contribution < -0.4 is 0 Å². The molecule has 0 nitrogen and oxygen atoms in total. The Morgan fingerprint density at radius 2 is 1.37 bits per heavy atom. The van der Waals surface area contributed by atoms with Gasteiger partial charge in [-0.2, -0.15) is 0 Å². The van der Waals surface area contributed by atoms with Gasteiger partial charge in [-0.1, -0.05) is 52.5 Å². The van der Waals surface area contributed by atoms with Crippen molar-refractivity contribution in [3.05, 3.63) is 56.0 Å². The average molecular weight is 342 g/mol. The Hall–Kier alpha value is -0.540. The molecule has 0 heterocycles. The average Bonchev–Trinajstić information content (AvgIpc) is 2.34. The van der Waals surface area contributed by atoms with E-state index in [2.05, 4.69) is 0 Å². The van der Waals surface area contributed by atoms with E-state index in [1.165, 1.54) is 24.3 Å². The summed E-state index contributed by atoms with van der Waals surface area (Å²) in [6, 6.07) is 7.29. The highest BCUT2D eigenvalue weighted by molar-refractivity contribution is 6.44. The first kappa shape index (κ1) is 14.9. The summed E-state index contributed by atoms with van der Waals surface area (Å²) in [5, 5.41) is 0.944. The number of alkyl halides is 2. The molecule has 0 aliphatic rings. The van der Waals surface area contributed by atoms with Crippen molar-refractivity contribution in [3.63, 3.8) is 0 Å². The van der Waals surface area contributed by atoms with Crippen molar-refractivity contribution in [2.45, 2.75) is 6.43 Å². The predicted octanol–water partition coefficient (Wildman–Crippen LogP) is 6.90. The van der Waals surface area contributed by atoms with Gasteiger partial charge in [-0.3, -0.25) is 0 Å². The third-order valence-corrected chi connectivity index (χ3v) is 3.93. The van der Waals surface area contributed by atoms with Gasteiger partial charge in [0.1, 0.15) is 0 Å². The van der Waals surface area contributed by atoms with Gasteiger partial charge < -0.3 is 0 Å². The molecule has 0 aliphatic heterocycles. The summed E-state index contributed by atoms with van der Waals surface area (Å²) in [4.78, 5) is 0. The van der Waals surface area contributed by atoms with Gasteiger partial charge in [0, 0.05) is 21.2 Å². The molecule has 2 rings (SSSR count). The summed E-state index contributed by atoms with van der Waals surface area (Å²) in [5.74, 6) is 0. The zero-order chi connectivity index (χ0) is 14.2. The van der Waals surface area contributed by atoms with Gasteiger partial charge in [-0.25, -0.2) is 8.78 Å². The Labute approximate surface area is 128 Å². The van der Waals surface area contributed by atoms with Crippen LogP contribution in [-0.4, -0.2) is 0 Å². The molecule has 0 fully saturated rings. The highest BCUT2D eigenvalue weighted by atomic mass is 35.5. The molecule has 0 aliphatic carbocycles. The van der Waals surface area contributed by atoms with Crippen LogP contribution in [0.5, 0.6) is 0 Å². The summed E-state index contributed by atoms with van der Waals surface area (Å²) >= 11 is 23.5. The number of halogens is 6. The SMILES string of the molecule is FC(F)c1cc(-c2cc(Cl)c(Cl)cc2Cl)ccc1Cl. The number of hydrogen-bond acceptors (Lipinski definition) is 0. The fraction of sp³-hybridized carbons (Fsp3) is 0.0769. The van der Waals surface area contributed by atoms with E-state index in [1.54, 1.807) is 6.07 Å². The zero-order valence-electron chi connectivity index (χ0n) is 9.23. The monoisotopic (exact) mass is 340 g/mol. The molecular weight excluding hydrogens is 336 g/mol. The maximum absolute atomic E-state index is 12.8. The zero-order valence-corrected chi connectivity index (χ0v) is 12.3. The fourth-order valence-electron chi connectivity index (χ4n) is 1.62. The fourth-order valence-corrected chi connectivity index (χ4v) is 2.48. The van der Waals surface area contributed by atoms with Gasteiger partial charge in [-0.15, -0.1) is 0 Å². The Kier molecular flexibility index (Phi) is 4.57. The lowest BCUT2D eigenvalue weighted by Gasteiger charge is -2.10. The van der Waals surface area contributed by atoms with E-state index in [9.17, 15) is 8.78 Å². The Morgan fingerprint density at radius 3 is 2.00 bits per heavy atom. The lowest BCUT2D eigenvalue weighted by molar-refractivity contribution is 0.151. The van der Waals surface area contributed by atoms with Gasteiger partial charge in [-0.05, 0) is 29.8 Å². The van der Waals surface area contributed by atoms with Crippen LogP contribution in [0.25, 0.3) is 11.1 Å². The van der Waals surface area contributed by atoms with Crippen LogP contribution in [0.3, 0.4) is 0 Å². The Balaban J connectivity index is 2.59. The van der Waals surface area contributed by atoms with Gasteiger partial charge >= 0.3 is 0 Å². The van der Waals surface area contributed by atoms with Crippen molar-refractivity contribution in [2.24, 2.45) is 0 Å². The molecule has 0 spiro atoms. The van der Waals surface area contributed by atoms with E-state index in [0.29, 0.717) is 26.2 Å². The first-order valence-electron chi connectivity index (χ1n) is 5.12. The minimum Gasteiger partial charge on any atom is -0.205 e. The van der Waals surface area contributed by atoms with E-state index < -0.39 is 6.43 Å². The summed E-state index contributed by atoms with van der Waals surface area (Å²) in [6.45, 7) is 0. The molecule has 0 bridgehead atoms. The first-order chi connectivity index (χ1) is 8.90. The van der Waals surface area contributed by atoms with Crippen molar-refractivity contribution < 1.29 is 8.78 Å². The largest absolute Gasteiger partial charge is 0.265 e. The molecule has 0 unspecified atom stereocenters. The normalized spacial score (nSPS) is 11.1. The van der Waals surface area contributed by atoms with Crippen LogP contribution in [0.15, 0.2) is 30.3 Å². The molecule has 0 aromatic heterocycles. The summed E-state index contributed by atoms with van der Waals surface area (Å²) in [6.07, 6.45) is -2.66. The topological polar surface area (TPSA) is 0 Å². The Morgan fingerprint density at radius 1 is 0.737 bits per heavy atom. The second kappa shape index (κ2) is 5.84. The predicted molar refractivity (Wildman–Crippen MR) is 76.9 cm³/mol. The van der Waals surface area contributed by atoms with Gasteiger partial charge in [0.15, 0.2) is 0 Å². The molecular formula is C13H6Cl4F2. The van der Waals surface area contributed by atoms with Crippen LogP contribution in [-0.2, 0) is 0 Å².